The lowest BCUT2D eigenvalue weighted by atomic mass is 9.88. The average molecular weight is 279 g/mol. The van der Waals surface area contributed by atoms with Crippen LogP contribution in [-0.4, -0.2) is 24.7 Å². The van der Waals surface area contributed by atoms with Crippen LogP contribution in [0.15, 0.2) is 18.2 Å². The molecule has 110 valence electrons. The number of carbonyl (C=O) groups excluding carboxylic acids is 1. The van der Waals surface area contributed by atoms with Crippen LogP contribution in [0.25, 0.3) is 0 Å². The van der Waals surface area contributed by atoms with E-state index in [9.17, 15) is 9.18 Å². The highest BCUT2D eigenvalue weighted by Gasteiger charge is 2.37. The third-order valence-electron chi connectivity index (χ3n) is 3.48. The molecule has 1 saturated heterocycles. The summed E-state index contributed by atoms with van der Waals surface area (Å²) in [6, 6.07) is 5.17. The fourth-order valence-electron chi connectivity index (χ4n) is 2.56. The molecule has 0 unspecified atom stereocenters. The van der Waals surface area contributed by atoms with Crippen LogP contribution in [0, 0.1) is 18.7 Å². The summed E-state index contributed by atoms with van der Waals surface area (Å²) in [5, 5.41) is 3.16. The number of esters is 1. The van der Waals surface area contributed by atoms with Gasteiger partial charge >= 0.3 is 5.97 Å². The molecule has 3 nitrogen and oxygen atoms in total. The van der Waals surface area contributed by atoms with E-state index in [0.717, 1.165) is 5.56 Å². The van der Waals surface area contributed by atoms with Crippen molar-refractivity contribution in [2.24, 2.45) is 5.92 Å². The number of aryl methyl sites for hydroxylation is 1. The molecule has 2 atom stereocenters. The molecule has 0 bridgehead atoms. The maximum atomic E-state index is 14.1. The summed E-state index contributed by atoms with van der Waals surface area (Å²) in [6.45, 7) is 8.51. The minimum Gasteiger partial charge on any atom is -0.460 e. The first-order chi connectivity index (χ1) is 9.28. The largest absolute Gasteiger partial charge is 0.460 e. The quantitative estimate of drug-likeness (QED) is 0.846. The Morgan fingerprint density at radius 3 is 2.65 bits per heavy atom. The van der Waals surface area contributed by atoms with Crippen LogP contribution in [-0.2, 0) is 9.53 Å². The van der Waals surface area contributed by atoms with Gasteiger partial charge < -0.3 is 10.1 Å². The minimum atomic E-state index is -0.518. The van der Waals surface area contributed by atoms with E-state index < -0.39 is 5.60 Å². The highest BCUT2D eigenvalue weighted by Crippen LogP contribution is 2.32. The van der Waals surface area contributed by atoms with Crippen molar-refractivity contribution in [3.63, 3.8) is 0 Å². The Morgan fingerprint density at radius 1 is 1.35 bits per heavy atom. The first kappa shape index (κ1) is 15.0. The van der Waals surface area contributed by atoms with Crippen molar-refractivity contribution in [1.29, 1.82) is 0 Å². The van der Waals surface area contributed by atoms with Crippen LogP contribution < -0.4 is 5.32 Å². The normalized spacial score (nSPS) is 22.9. The number of rotatable bonds is 2. The molecule has 0 spiro atoms. The van der Waals surface area contributed by atoms with Crippen LogP contribution >= 0.6 is 0 Å². The van der Waals surface area contributed by atoms with Gasteiger partial charge in [0.15, 0.2) is 0 Å². The van der Waals surface area contributed by atoms with Crippen LogP contribution in [0.4, 0.5) is 4.39 Å². The molecule has 0 aliphatic carbocycles. The smallest absolute Gasteiger partial charge is 0.311 e. The van der Waals surface area contributed by atoms with Crippen molar-refractivity contribution in [2.75, 3.05) is 13.1 Å². The maximum absolute atomic E-state index is 14.1. The number of halogens is 1. The van der Waals surface area contributed by atoms with Crippen molar-refractivity contribution in [2.45, 2.75) is 39.2 Å². The molecular weight excluding hydrogens is 257 g/mol. The van der Waals surface area contributed by atoms with Gasteiger partial charge in [0.1, 0.15) is 11.4 Å². The molecule has 20 heavy (non-hydrogen) atoms. The Morgan fingerprint density at radius 2 is 2.05 bits per heavy atom. The molecule has 1 aromatic carbocycles. The highest BCUT2D eigenvalue weighted by molar-refractivity contribution is 5.75. The van der Waals surface area contributed by atoms with E-state index in [-0.39, 0.29) is 23.6 Å². The number of benzene rings is 1. The topological polar surface area (TPSA) is 38.3 Å². The van der Waals surface area contributed by atoms with E-state index in [4.69, 9.17) is 4.74 Å². The van der Waals surface area contributed by atoms with Crippen molar-refractivity contribution in [1.82, 2.24) is 5.32 Å². The standard InChI is InChI=1S/C16H22FNO2/c1-10-5-6-11(14(17)7-10)12-8-18-9-13(12)15(19)20-16(2,3)4/h5-7,12-13,18H,8-9H2,1-4H3/t12-,13+/m0/s1. The van der Waals surface area contributed by atoms with Crippen LogP contribution in [0.5, 0.6) is 0 Å². The monoisotopic (exact) mass is 279 g/mol. The second kappa shape index (κ2) is 5.52. The summed E-state index contributed by atoms with van der Waals surface area (Å²) < 4.78 is 19.5. The lowest BCUT2D eigenvalue weighted by Crippen LogP contribution is -2.32. The molecule has 1 N–H and O–H groups in total. The lowest BCUT2D eigenvalue weighted by molar-refractivity contribution is -0.159. The molecule has 1 fully saturated rings. The Balaban J connectivity index is 2.21. The first-order valence-corrected chi connectivity index (χ1v) is 6.97. The zero-order valence-electron chi connectivity index (χ0n) is 12.5. The summed E-state index contributed by atoms with van der Waals surface area (Å²) in [6.07, 6.45) is 0. The third kappa shape index (κ3) is 3.37. The molecule has 0 aromatic heterocycles. The summed E-state index contributed by atoms with van der Waals surface area (Å²) in [4.78, 5) is 12.2. The fraction of sp³-hybridized carbons (Fsp3) is 0.562. The SMILES string of the molecule is Cc1ccc([C@@H]2CNC[C@H]2C(=O)OC(C)(C)C)c(F)c1. The van der Waals surface area contributed by atoms with E-state index in [2.05, 4.69) is 5.32 Å². The second-order valence-electron chi connectivity index (χ2n) is 6.43. The van der Waals surface area contributed by atoms with Gasteiger partial charge in [-0.05, 0) is 44.9 Å². The lowest BCUT2D eigenvalue weighted by Gasteiger charge is -2.25. The minimum absolute atomic E-state index is 0.162. The summed E-state index contributed by atoms with van der Waals surface area (Å²) >= 11 is 0. The van der Waals surface area contributed by atoms with Crippen LogP contribution in [0.1, 0.15) is 37.8 Å². The van der Waals surface area contributed by atoms with E-state index in [1.807, 2.05) is 33.8 Å². The fourth-order valence-corrected chi connectivity index (χ4v) is 2.56. The molecule has 1 heterocycles. The molecule has 2 rings (SSSR count). The van der Waals surface area contributed by atoms with Gasteiger partial charge in [0.2, 0.25) is 0 Å². The average Bonchev–Trinajstić information content (AvgIpc) is 2.75. The Kier molecular flexibility index (Phi) is 4.14. The maximum Gasteiger partial charge on any atom is 0.311 e. The van der Waals surface area contributed by atoms with E-state index >= 15 is 0 Å². The molecule has 0 saturated carbocycles. The van der Waals surface area contributed by atoms with Crippen molar-refractivity contribution < 1.29 is 13.9 Å². The molecule has 0 radical (unpaired) electrons. The van der Waals surface area contributed by atoms with Crippen molar-refractivity contribution in [3.8, 4) is 0 Å². The van der Waals surface area contributed by atoms with Crippen LogP contribution in [0.2, 0.25) is 0 Å². The van der Waals surface area contributed by atoms with E-state index in [1.54, 1.807) is 6.07 Å². The summed E-state index contributed by atoms with van der Waals surface area (Å²) in [5.74, 6) is -0.989. The van der Waals surface area contributed by atoms with Crippen LogP contribution in [0.3, 0.4) is 0 Å². The highest BCUT2D eigenvalue weighted by atomic mass is 19.1. The van der Waals surface area contributed by atoms with Gasteiger partial charge in [0.05, 0.1) is 5.92 Å². The molecule has 4 heteroatoms. The molecule has 1 aliphatic rings. The first-order valence-electron chi connectivity index (χ1n) is 6.97. The number of nitrogens with one attached hydrogen (secondary N) is 1. The van der Waals surface area contributed by atoms with Gasteiger partial charge in [-0.1, -0.05) is 12.1 Å². The molecule has 0 amide bonds. The van der Waals surface area contributed by atoms with Gasteiger partial charge in [0, 0.05) is 19.0 Å². The Labute approximate surface area is 119 Å². The predicted molar refractivity (Wildman–Crippen MR) is 76.1 cm³/mol. The molecule has 1 aromatic rings. The summed E-state index contributed by atoms with van der Waals surface area (Å²) in [7, 11) is 0. The van der Waals surface area contributed by atoms with Crippen molar-refractivity contribution >= 4 is 5.97 Å². The predicted octanol–water partition coefficient (Wildman–Crippen LogP) is 2.78. The summed E-state index contributed by atoms with van der Waals surface area (Å²) in [5.41, 5.74) is 0.957. The van der Waals surface area contributed by atoms with Gasteiger partial charge in [0.25, 0.3) is 0 Å². The van der Waals surface area contributed by atoms with Gasteiger partial charge in [-0.25, -0.2) is 4.39 Å². The molecular formula is C16H22FNO2. The number of hydrogen-bond acceptors (Lipinski definition) is 3. The number of ether oxygens (including phenoxy) is 1. The zero-order chi connectivity index (χ0) is 14.9. The van der Waals surface area contributed by atoms with E-state index in [1.165, 1.54) is 6.07 Å². The van der Waals surface area contributed by atoms with Gasteiger partial charge in [-0.2, -0.15) is 0 Å². The number of carbonyl (C=O) groups is 1. The van der Waals surface area contributed by atoms with Gasteiger partial charge in [-0.3, -0.25) is 4.79 Å². The molecule has 1 aliphatic heterocycles. The second-order valence-corrected chi connectivity index (χ2v) is 6.43. The van der Waals surface area contributed by atoms with Gasteiger partial charge in [-0.15, -0.1) is 0 Å². The Bertz CT molecular complexity index is 508. The van der Waals surface area contributed by atoms with Crippen molar-refractivity contribution in [3.05, 3.63) is 35.1 Å². The third-order valence-corrected chi connectivity index (χ3v) is 3.48. The zero-order valence-corrected chi connectivity index (χ0v) is 12.5. The Hall–Kier alpha value is -1.42. The number of hydrogen-bond donors (Lipinski definition) is 1. The van der Waals surface area contributed by atoms with E-state index in [0.29, 0.717) is 18.7 Å².